The van der Waals surface area contributed by atoms with Crippen LogP contribution in [0.2, 0.25) is 0 Å². The maximum absolute atomic E-state index is 12.3. The van der Waals surface area contributed by atoms with E-state index < -0.39 is 0 Å². The first-order valence-electron chi connectivity index (χ1n) is 6.59. The zero-order valence-corrected chi connectivity index (χ0v) is 12.1. The van der Waals surface area contributed by atoms with Gasteiger partial charge in [0.25, 0.3) is 5.91 Å². The van der Waals surface area contributed by atoms with Crippen molar-refractivity contribution in [2.24, 2.45) is 0 Å². The molecular formula is C17H14N2OS. The van der Waals surface area contributed by atoms with E-state index in [0.717, 1.165) is 16.8 Å². The summed E-state index contributed by atoms with van der Waals surface area (Å²) < 4.78 is 0. The fraction of sp³-hybridized carbons (Fsp3) is 0. The fourth-order valence-electron chi connectivity index (χ4n) is 2.04. The third kappa shape index (κ3) is 3.12. The minimum atomic E-state index is -0.132. The lowest BCUT2D eigenvalue weighted by Gasteiger charge is -2.08. The van der Waals surface area contributed by atoms with Crippen molar-refractivity contribution in [1.29, 1.82) is 0 Å². The third-order valence-corrected chi connectivity index (χ3v) is 3.96. The number of carbonyl (C=O) groups excluding carboxylic acids is 1. The highest BCUT2D eigenvalue weighted by Gasteiger charge is 2.14. The number of benzene rings is 2. The molecule has 4 heteroatoms. The monoisotopic (exact) mass is 294 g/mol. The Morgan fingerprint density at radius 1 is 0.857 bits per heavy atom. The molecule has 2 N–H and O–H groups in total. The van der Waals surface area contributed by atoms with Gasteiger partial charge in [-0.2, -0.15) is 0 Å². The molecule has 0 saturated carbocycles. The normalized spacial score (nSPS) is 10.1. The van der Waals surface area contributed by atoms with E-state index in [2.05, 4.69) is 10.9 Å². The van der Waals surface area contributed by atoms with Crippen LogP contribution < -0.4 is 10.9 Å². The van der Waals surface area contributed by atoms with Crippen LogP contribution in [0.1, 0.15) is 9.67 Å². The van der Waals surface area contributed by atoms with Gasteiger partial charge in [-0.05, 0) is 29.1 Å². The molecule has 0 radical (unpaired) electrons. The molecule has 3 aromatic rings. The topological polar surface area (TPSA) is 41.1 Å². The number of thiophene rings is 1. The summed E-state index contributed by atoms with van der Waals surface area (Å²) in [5.74, 6) is -0.132. The largest absolute Gasteiger partial charge is 0.298 e. The summed E-state index contributed by atoms with van der Waals surface area (Å²) in [4.78, 5) is 13.0. The van der Waals surface area contributed by atoms with Gasteiger partial charge in [-0.25, -0.2) is 0 Å². The molecule has 0 aliphatic rings. The molecule has 3 nitrogen and oxygen atoms in total. The maximum Gasteiger partial charge on any atom is 0.280 e. The zero-order valence-electron chi connectivity index (χ0n) is 11.2. The van der Waals surface area contributed by atoms with Gasteiger partial charge in [-0.3, -0.25) is 15.6 Å². The Labute approximate surface area is 127 Å². The molecule has 1 amide bonds. The van der Waals surface area contributed by atoms with E-state index >= 15 is 0 Å². The predicted octanol–water partition coefficient (Wildman–Crippen LogP) is 4.17. The van der Waals surface area contributed by atoms with Crippen LogP contribution in [-0.2, 0) is 0 Å². The smallest absolute Gasteiger partial charge is 0.280 e. The molecule has 0 saturated heterocycles. The third-order valence-electron chi connectivity index (χ3n) is 3.05. The van der Waals surface area contributed by atoms with Crippen LogP contribution in [0.3, 0.4) is 0 Å². The molecule has 0 atom stereocenters. The first-order valence-corrected chi connectivity index (χ1v) is 7.47. The lowest BCUT2D eigenvalue weighted by atomic mass is 10.1. The van der Waals surface area contributed by atoms with Crippen molar-refractivity contribution in [2.45, 2.75) is 0 Å². The van der Waals surface area contributed by atoms with Crippen molar-refractivity contribution >= 4 is 22.9 Å². The minimum Gasteiger partial charge on any atom is -0.298 e. The lowest BCUT2D eigenvalue weighted by Crippen LogP contribution is -2.28. The number of hydrazine groups is 1. The minimum absolute atomic E-state index is 0.132. The number of hydrogen-bond acceptors (Lipinski definition) is 3. The van der Waals surface area contributed by atoms with Crippen LogP contribution in [0.4, 0.5) is 5.69 Å². The zero-order chi connectivity index (χ0) is 14.5. The molecule has 104 valence electrons. The Bertz CT molecular complexity index is 723. The molecule has 0 aliphatic carbocycles. The van der Waals surface area contributed by atoms with Crippen molar-refractivity contribution in [3.63, 3.8) is 0 Å². The summed E-state index contributed by atoms with van der Waals surface area (Å²) in [7, 11) is 0. The van der Waals surface area contributed by atoms with Crippen LogP contribution in [0.15, 0.2) is 72.1 Å². The number of rotatable bonds is 4. The van der Waals surface area contributed by atoms with Crippen LogP contribution in [0, 0.1) is 0 Å². The van der Waals surface area contributed by atoms with Gasteiger partial charge < -0.3 is 0 Å². The van der Waals surface area contributed by atoms with E-state index in [9.17, 15) is 4.79 Å². The van der Waals surface area contributed by atoms with Crippen molar-refractivity contribution in [3.8, 4) is 11.1 Å². The Morgan fingerprint density at radius 3 is 2.24 bits per heavy atom. The predicted molar refractivity (Wildman–Crippen MR) is 87.3 cm³/mol. The highest BCUT2D eigenvalue weighted by molar-refractivity contribution is 7.12. The van der Waals surface area contributed by atoms with Gasteiger partial charge in [0, 0.05) is 5.56 Å². The highest BCUT2D eigenvalue weighted by atomic mass is 32.1. The molecule has 3 rings (SSSR count). The molecule has 0 bridgehead atoms. The van der Waals surface area contributed by atoms with Gasteiger partial charge in [0.05, 0.1) is 5.69 Å². The molecule has 0 spiro atoms. The summed E-state index contributed by atoms with van der Waals surface area (Å²) in [5, 5.41) is 1.93. The van der Waals surface area contributed by atoms with E-state index in [0.29, 0.717) is 4.88 Å². The summed E-state index contributed by atoms with van der Waals surface area (Å²) in [6, 6.07) is 21.4. The molecule has 0 aliphatic heterocycles. The first-order chi connectivity index (χ1) is 10.3. The SMILES string of the molecule is O=C(NNc1ccccc1)c1sccc1-c1ccccc1. The standard InChI is InChI=1S/C17H14N2OS/c20-17(19-18-14-9-5-2-6-10-14)16-15(11-12-21-16)13-7-3-1-4-8-13/h1-12,18H,(H,19,20). The van der Waals surface area contributed by atoms with Crippen molar-refractivity contribution in [3.05, 3.63) is 77.0 Å². The molecule has 0 fully saturated rings. The van der Waals surface area contributed by atoms with Crippen LogP contribution in [0.25, 0.3) is 11.1 Å². The van der Waals surface area contributed by atoms with Crippen molar-refractivity contribution in [1.82, 2.24) is 5.43 Å². The Balaban J connectivity index is 1.76. The Kier molecular flexibility index (Phi) is 3.98. The first kappa shape index (κ1) is 13.4. The summed E-state index contributed by atoms with van der Waals surface area (Å²) in [5.41, 5.74) is 8.50. The van der Waals surface area contributed by atoms with Gasteiger partial charge in [0.15, 0.2) is 0 Å². The van der Waals surface area contributed by atoms with Crippen LogP contribution in [0.5, 0.6) is 0 Å². The van der Waals surface area contributed by atoms with Gasteiger partial charge in [0.2, 0.25) is 0 Å². The van der Waals surface area contributed by atoms with E-state index in [-0.39, 0.29) is 5.91 Å². The Hall–Kier alpha value is -2.59. The molecular weight excluding hydrogens is 280 g/mol. The fourth-order valence-corrected chi connectivity index (χ4v) is 2.85. The van der Waals surface area contributed by atoms with Gasteiger partial charge in [-0.1, -0.05) is 48.5 Å². The average Bonchev–Trinajstić information content (AvgIpc) is 3.04. The van der Waals surface area contributed by atoms with Gasteiger partial charge in [0.1, 0.15) is 4.88 Å². The number of amides is 1. The van der Waals surface area contributed by atoms with Crippen molar-refractivity contribution < 1.29 is 4.79 Å². The number of nitrogens with one attached hydrogen (secondary N) is 2. The van der Waals surface area contributed by atoms with Gasteiger partial charge in [-0.15, -0.1) is 11.3 Å². The molecule has 21 heavy (non-hydrogen) atoms. The van der Waals surface area contributed by atoms with E-state index in [1.54, 1.807) is 0 Å². The molecule has 1 aromatic heterocycles. The second kappa shape index (κ2) is 6.24. The number of carbonyl (C=O) groups is 1. The van der Waals surface area contributed by atoms with E-state index in [1.807, 2.05) is 72.1 Å². The maximum atomic E-state index is 12.3. The van der Waals surface area contributed by atoms with E-state index in [4.69, 9.17) is 0 Å². The summed E-state index contributed by atoms with van der Waals surface area (Å²) >= 11 is 1.44. The number of hydrogen-bond donors (Lipinski definition) is 2. The molecule has 1 heterocycles. The highest BCUT2D eigenvalue weighted by Crippen LogP contribution is 2.27. The summed E-state index contributed by atoms with van der Waals surface area (Å²) in [6.45, 7) is 0. The lowest BCUT2D eigenvalue weighted by molar-refractivity contribution is 0.0967. The average molecular weight is 294 g/mol. The van der Waals surface area contributed by atoms with E-state index in [1.165, 1.54) is 11.3 Å². The number of para-hydroxylation sites is 1. The quantitative estimate of drug-likeness (QED) is 0.709. The molecule has 0 unspecified atom stereocenters. The number of anilines is 1. The van der Waals surface area contributed by atoms with Crippen LogP contribution in [-0.4, -0.2) is 5.91 Å². The van der Waals surface area contributed by atoms with Crippen molar-refractivity contribution in [2.75, 3.05) is 5.43 Å². The Morgan fingerprint density at radius 2 is 1.52 bits per heavy atom. The second-order valence-electron chi connectivity index (χ2n) is 4.47. The summed E-state index contributed by atoms with van der Waals surface area (Å²) in [6.07, 6.45) is 0. The second-order valence-corrected chi connectivity index (χ2v) is 5.39. The molecule has 2 aromatic carbocycles. The van der Waals surface area contributed by atoms with Crippen LogP contribution >= 0.6 is 11.3 Å². The van der Waals surface area contributed by atoms with Gasteiger partial charge >= 0.3 is 0 Å².